The van der Waals surface area contributed by atoms with Crippen molar-refractivity contribution in [3.63, 3.8) is 0 Å². The van der Waals surface area contributed by atoms with Crippen molar-refractivity contribution >= 4 is 54.3 Å². The van der Waals surface area contributed by atoms with E-state index in [9.17, 15) is 14.7 Å². The fourth-order valence-corrected chi connectivity index (χ4v) is 5.22. The summed E-state index contributed by atoms with van der Waals surface area (Å²) in [5, 5.41) is 11.2. The first-order chi connectivity index (χ1) is 16.4. The Morgan fingerprint density at radius 3 is 2.65 bits per heavy atom. The maximum absolute atomic E-state index is 13.4. The van der Waals surface area contributed by atoms with E-state index >= 15 is 0 Å². The summed E-state index contributed by atoms with van der Waals surface area (Å²) in [4.78, 5) is 32.7. The fourth-order valence-electron chi connectivity index (χ4n) is 3.94. The van der Waals surface area contributed by atoms with Gasteiger partial charge in [0.2, 0.25) is 5.78 Å². The number of Topliss-reactive ketones (excluding diaryl/α,β-unsaturated/α-hetero) is 1. The van der Waals surface area contributed by atoms with Gasteiger partial charge in [0.1, 0.15) is 11.5 Å². The van der Waals surface area contributed by atoms with Crippen molar-refractivity contribution in [1.29, 1.82) is 0 Å². The molecule has 9 heteroatoms. The number of hydrogen-bond donors (Lipinski definition) is 1. The molecule has 1 N–H and O–H groups in total. The van der Waals surface area contributed by atoms with Crippen molar-refractivity contribution in [1.82, 2.24) is 4.98 Å². The van der Waals surface area contributed by atoms with Crippen molar-refractivity contribution < 1.29 is 23.8 Å². The number of anilines is 1. The number of aromatic nitrogens is 1. The predicted molar refractivity (Wildman–Crippen MR) is 133 cm³/mol. The molecule has 1 amide bonds. The van der Waals surface area contributed by atoms with Gasteiger partial charge in [-0.1, -0.05) is 39.4 Å². The number of aliphatic hydroxyl groups excluding tert-OH is 1. The number of rotatable bonds is 6. The van der Waals surface area contributed by atoms with E-state index < -0.39 is 23.5 Å². The summed E-state index contributed by atoms with van der Waals surface area (Å²) in [6.07, 6.45) is 0. The summed E-state index contributed by atoms with van der Waals surface area (Å²) in [5.74, 6) is -0.533. The molecule has 1 atom stereocenters. The van der Waals surface area contributed by atoms with Crippen molar-refractivity contribution in [3.05, 3.63) is 87.5 Å². The average molecular weight is 539 g/mol. The van der Waals surface area contributed by atoms with E-state index in [0.717, 1.165) is 9.17 Å². The molecule has 34 heavy (non-hydrogen) atoms. The zero-order valence-corrected chi connectivity index (χ0v) is 20.6. The van der Waals surface area contributed by atoms with Crippen LogP contribution in [-0.4, -0.2) is 28.4 Å². The van der Waals surface area contributed by atoms with Crippen LogP contribution in [0.2, 0.25) is 0 Å². The summed E-state index contributed by atoms with van der Waals surface area (Å²) >= 11 is 4.71. The molecule has 0 spiro atoms. The Bertz CT molecular complexity index is 1450. The highest BCUT2D eigenvalue weighted by Crippen LogP contribution is 2.44. The van der Waals surface area contributed by atoms with Gasteiger partial charge in [0.25, 0.3) is 5.91 Å². The van der Waals surface area contributed by atoms with E-state index in [0.29, 0.717) is 34.3 Å². The van der Waals surface area contributed by atoms with E-state index in [1.54, 1.807) is 25.1 Å². The Hall–Kier alpha value is -3.43. The number of ether oxygens (including phenoxy) is 1. The van der Waals surface area contributed by atoms with E-state index in [4.69, 9.17) is 9.15 Å². The van der Waals surface area contributed by atoms with Gasteiger partial charge in [-0.3, -0.25) is 14.5 Å². The number of benzene rings is 2. The zero-order valence-electron chi connectivity index (χ0n) is 18.2. The Kier molecular flexibility index (Phi) is 5.75. The normalized spacial score (nSPS) is 16.0. The third-order valence-electron chi connectivity index (χ3n) is 5.47. The fraction of sp³-hybridized carbons (Fsp3) is 0.160. The largest absolute Gasteiger partial charge is 0.503 e. The van der Waals surface area contributed by atoms with Crippen molar-refractivity contribution in [2.24, 2.45) is 0 Å². The minimum atomic E-state index is -0.870. The van der Waals surface area contributed by atoms with Gasteiger partial charge in [-0.2, -0.15) is 0 Å². The third-order valence-corrected chi connectivity index (χ3v) is 7.01. The predicted octanol–water partition coefficient (Wildman–Crippen LogP) is 6.14. The quantitative estimate of drug-likeness (QED) is 0.296. The average Bonchev–Trinajstić information content (AvgIpc) is 3.50. The Balaban J connectivity index is 1.64. The summed E-state index contributed by atoms with van der Waals surface area (Å²) in [6, 6.07) is 15.1. The first-order valence-electron chi connectivity index (χ1n) is 10.5. The monoisotopic (exact) mass is 538 g/mol. The number of thiazole rings is 1. The number of aryl methyl sites for hydroxylation is 1. The van der Waals surface area contributed by atoms with Crippen LogP contribution in [-0.2, 0) is 4.79 Å². The van der Waals surface area contributed by atoms with Gasteiger partial charge in [0, 0.05) is 4.47 Å². The molecule has 0 aliphatic carbocycles. The highest BCUT2D eigenvalue weighted by molar-refractivity contribution is 9.10. The molecule has 0 radical (unpaired) electrons. The number of furan rings is 1. The minimum Gasteiger partial charge on any atom is -0.503 e. The van der Waals surface area contributed by atoms with Crippen molar-refractivity contribution in [3.8, 4) is 5.75 Å². The highest BCUT2D eigenvalue weighted by Gasteiger charge is 2.46. The molecule has 1 aliphatic rings. The lowest BCUT2D eigenvalue weighted by Gasteiger charge is -2.24. The van der Waals surface area contributed by atoms with E-state index in [1.807, 2.05) is 37.3 Å². The lowest BCUT2D eigenvalue weighted by atomic mass is 9.95. The number of hydrogen-bond acceptors (Lipinski definition) is 7. The van der Waals surface area contributed by atoms with Crippen LogP contribution in [0, 0.1) is 6.92 Å². The number of fused-ring (bicyclic) bond motifs is 1. The van der Waals surface area contributed by atoms with Crippen LogP contribution in [0.3, 0.4) is 0 Å². The molecule has 0 bridgehead atoms. The minimum absolute atomic E-state index is 0.0454. The molecule has 0 saturated heterocycles. The number of aliphatic hydroxyl groups is 1. The van der Waals surface area contributed by atoms with Gasteiger partial charge in [0.05, 0.1) is 28.4 Å². The van der Waals surface area contributed by atoms with Gasteiger partial charge in [0.15, 0.2) is 16.7 Å². The number of nitrogens with zero attached hydrogens (tertiary/aromatic N) is 2. The van der Waals surface area contributed by atoms with Crippen LogP contribution >= 0.6 is 27.3 Å². The third kappa shape index (κ3) is 3.80. The van der Waals surface area contributed by atoms with Crippen molar-refractivity contribution in [2.75, 3.05) is 11.5 Å². The topological polar surface area (TPSA) is 92.9 Å². The van der Waals surface area contributed by atoms with Crippen LogP contribution < -0.4 is 9.64 Å². The summed E-state index contributed by atoms with van der Waals surface area (Å²) in [7, 11) is 0. The van der Waals surface area contributed by atoms with Crippen LogP contribution in [0.25, 0.3) is 10.2 Å². The second-order valence-corrected chi connectivity index (χ2v) is 9.61. The zero-order chi connectivity index (χ0) is 24.0. The highest BCUT2D eigenvalue weighted by atomic mass is 79.9. The summed E-state index contributed by atoms with van der Waals surface area (Å²) < 4.78 is 12.8. The second kappa shape index (κ2) is 8.73. The van der Waals surface area contributed by atoms with E-state index in [2.05, 4.69) is 20.9 Å². The van der Waals surface area contributed by atoms with Crippen LogP contribution in [0.15, 0.2) is 74.8 Å². The molecule has 4 aromatic rings. The molecular formula is C25H19BrN2O5S. The van der Waals surface area contributed by atoms with Crippen LogP contribution in [0.4, 0.5) is 5.13 Å². The first kappa shape index (κ1) is 22.4. The van der Waals surface area contributed by atoms with Gasteiger partial charge in [-0.15, -0.1) is 0 Å². The molecule has 1 unspecified atom stereocenters. The first-order valence-corrected chi connectivity index (χ1v) is 12.1. The molecule has 7 nitrogen and oxygen atoms in total. The van der Waals surface area contributed by atoms with Gasteiger partial charge >= 0.3 is 0 Å². The van der Waals surface area contributed by atoms with Gasteiger partial charge in [-0.05, 0) is 61.9 Å². The van der Waals surface area contributed by atoms with Gasteiger partial charge < -0.3 is 14.3 Å². The lowest BCUT2D eigenvalue weighted by molar-refractivity contribution is -0.117. The van der Waals surface area contributed by atoms with Crippen molar-refractivity contribution in [2.45, 2.75) is 19.9 Å². The van der Waals surface area contributed by atoms with E-state index in [-0.39, 0.29) is 11.3 Å². The maximum atomic E-state index is 13.4. The molecule has 5 rings (SSSR count). The number of carbonyl (C=O) groups is 2. The standard InChI is InChI=1S/C25H19BrN2O5S/c1-3-32-16-9-10-17-19(12-16)34-25(27-17)28-21(14-5-7-15(26)8-6-14)20(23(30)24(28)31)22(29)18-11-4-13(2)33-18/h4-12,21,30H,3H2,1-2H3. The number of ketones is 1. The smallest absolute Gasteiger partial charge is 0.296 e. The number of amides is 1. The summed E-state index contributed by atoms with van der Waals surface area (Å²) in [6.45, 7) is 4.16. The molecule has 0 saturated carbocycles. The molecular weight excluding hydrogens is 520 g/mol. The second-order valence-electron chi connectivity index (χ2n) is 7.69. The van der Waals surface area contributed by atoms with Gasteiger partial charge in [-0.25, -0.2) is 4.98 Å². The SMILES string of the molecule is CCOc1ccc2nc(N3C(=O)C(O)=C(C(=O)c4ccc(C)o4)C3c3ccc(Br)cc3)sc2c1. The summed E-state index contributed by atoms with van der Waals surface area (Å²) in [5.41, 5.74) is 1.30. The molecule has 2 aromatic carbocycles. The molecule has 3 heterocycles. The number of halogens is 1. The molecule has 0 fully saturated rings. The van der Waals surface area contributed by atoms with Crippen LogP contribution in [0.1, 0.15) is 34.8 Å². The molecule has 172 valence electrons. The van der Waals surface area contributed by atoms with E-state index in [1.165, 1.54) is 22.3 Å². The Labute approximate surface area is 207 Å². The Morgan fingerprint density at radius 1 is 1.21 bits per heavy atom. The number of carbonyl (C=O) groups excluding carboxylic acids is 2. The lowest BCUT2D eigenvalue weighted by Crippen LogP contribution is -2.30. The maximum Gasteiger partial charge on any atom is 0.296 e. The Morgan fingerprint density at radius 2 is 1.97 bits per heavy atom. The van der Waals surface area contributed by atoms with Crippen LogP contribution in [0.5, 0.6) is 5.75 Å². The molecule has 1 aliphatic heterocycles. The molecule has 2 aromatic heterocycles.